The zero-order valence-corrected chi connectivity index (χ0v) is 12.3. The summed E-state index contributed by atoms with van der Waals surface area (Å²) in [7, 11) is 0. The molecule has 0 radical (unpaired) electrons. The average Bonchev–Trinajstić information content (AvgIpc) is 2.72. The number of halogens is 5. The fraction of sp³-hybridized carbons (Fsp3) is 0.538. The highest BCUT2D eigenvalue weighted by Crippen LogP contribution is 2.47. The van der Waals surface area contributed by atoms with Crippen molar-refractivity contribution in [3.8, 4) is 0 Å². The van der Waals surface area contributed by atoms with Gasteiger partial charge in [0.1, 0.15) is 0 Å². The normalized spacial score (nSPS) is 30.2. The topological polar surface area (TPSA) is 32.3 Å². The van der Waals surface area contributed by atoms with Crippen LogP contribution in [0.25, 0.3) is 0 Å². The molecule has 112 valence electrons. The molecule has 0 fully saturated rings. The molecule has 0 saturated carbocycles. The Morgan fingerprint density at radius 2 is 2.05 bits per heavy atom. The lowest BCUT2D eigenvalue weighted by Gasteiger charge is -2.35. The van der Waals surface area contributed by atoms with Crippen LogP contribution in [-0.2, 0) is 0 Å². The monoisotopic (exact) mass is 327 g/mol. The molecule has 7 heteroatoms. The van der Waals surface area contributed by atoms with Gasteiger partial charge in [-0.1, -0.05) is 23.2 Å². The predicted molar refractivity (Wildman–Crippen MR) is 72.4 cm³/mol. The summed E-state index contributed by atoms with van der Waals surface area (Å²) in [5.74, 6) is 0. The van der Waals surface area contributed by atoms with Crippen molar-refractivity contribution in [2.45, 2.75) is 38.0 Å². The molecule has 0 spiro atoms. The van der Waals surface area contributed by atoms with Crippen LogP contribution in [0.5, 0.6) is 0 Å². The Kier molecular flexibility index (Phi) is 4.15. The molecule has 1 aliphatic heterocycles. The Hall–Kier alpha value is -0.650. The molecule has 1 atom stereocenters. The van der Waals surface area contributed by atoms with Gasteiger partial charge in [-0.25, -0.2) is 0 Å². The molecular weight excluding hydrogens is 314 g/mol. The van der Waals surface area contributed by atoms with Crippen LogP contribution >= 0.6 is 23.2 Å². The Balaban J connectivity index is 2.46. The average molecular weight is 328 g/mol. The van der Waals surface area contributed by atoms with Crippen LogP contribution in [-0.4, -0.2) is 23.4 Å². The van der Waals surface area contributed by atoms with Gasteiger partial charge in [-0.2, -0.15) is 13.2 Å². The standard InChI is InChI=1S/C13H14Cl2F3NO/c1-7(14)10(15)5-8-6-19-11-9(8)3-2-4-12(11,20)13(16,17)18/h5,19-20H,2-4,6H2,1H3/b8-5+,10-7-. The van der Waals surface area contributed by atoms with Gasteiger partial charge < -0.3 is 10.4 Å². The van der Waals surface area contributed by atoms with Gasteiger partial charge in [0, 0.05) is 11.6 Å². The summed E-state index contributed by atoms with van der Waals surface area (Å²) in [6.07, 6.45) is -2.71. The molecule has 1 heterocycles. The first-order valence-corrected chi connectivity index (χ1v) is 6.92. The second-order valence-electron chi connectivity index (χ2n) is 4.97. The van der Waals surface area contributed by atoms with Gasteiger partial charge >= 0.3 is 6.18 Å². The van der Waals surface area contributed by atoms with Crippen molar-refractivity contribution in [1.29, 1.82) is 0 Å². The number of allylic oxidation sites excluding steroid dienone is 3. The Bertz CT molecular complexity index is 518. The molecule has 0 aromatic heterocycles. The molecule has 0 amide bonds. The SMILES string of the molecule is C/C(Cl)=C(Cl)\C=C1/CNC2=C1CCCC2(O)C(F)(F)F. The fourth-order valence-electron chi connectivity index (χ4n) is 2.56. The molecule has 20 heavy (non-hydrogen) atoms. The Morgan fingerprint density at radius 3 is 2.60 bits per heavy atom. The van der Waals surface area contributed by atoms with Crippen molar-refractivity contribution in [1.82, 2.24) is 5.32 Å². The van der Waals surface area contributed by atoms with Gasteiger partial charge in [0.05, 0.1) is 10.7 Å². The number of hydrogen-bond donors (Lipinski definition) is 2. The summed E-state index contributed by atoms with van der Waals surface area (Å²) in [5, 5.41) is 13.3. The van der Waals surface area contributed by atoms with Crippen LogP contribution in [0.3, 0.4) is 0 Å². The van der Waals surface area contributed by atoms with Crippen LogP contribution < -0.4 is 5.32 Å². The van der Waals surface area contributed by atoms with Gasteiger partial charge in [-0.05, 0) is 43.4 Å². The van der Waals surface area contributed by atoms with Crippen LogP contribution in [0, 0.1) is 0 Å². The molecule has 0 aromatic carbocycles. The highest BCUT2D eigenvalue weighted by Gasteiger charge is 2.58. The molecule has 2 nitrogen and oxygen atoms in total. The number of nitrogens with one attached hydrogen (secondary N) is 1. The Morgan fingerprint density at radius 1 is 1.40 bits per heavy atom. The summed E-state index contributed by atoms with van der Waals surface area (Å²) in [6.45, 7) is 1.81. The van der Waals surface area contributed by atoms with Gasteiger partial charge in [0.25, 0.3) is 0 Å². The van der Waals surface area contributed by atoms with E-state index >= 15 is 0 Å². The lowest BCUT2D eigenvalue weighted by atomic mass is 9.82. The molecule has 0 bridgehead atoms. The number of aliphatic hydroxyl groups is 1. The predicted octanol–water partition coefficient (Wildman–Crippen LogP) is 3.96. The highest BCUT2D eigenvalue weighted by atomic mass is 35.5. The summed E-state index contributed by atoms with van der Waals surface area (Å²) >= 11 is 11.7. The minimum atomic E-state index is -4.70. The van der Waals surface area contributed by atoms with E-state index in [1.807, 2.05) is 0 Å². The molecular formula is C13H14Cl2F3NO. The number of alkyl halides is 3. The first-order valence-electron chi connectivity index (χ1n) is 6.16. The van der Waals surface area contributed by atoms with E-state index in [1.54, 1.807) is 13.0 Å². The fourth-order valence-corrected chi connectivity index (χ4v) is 2.75. The minimum Gasteiger partial charge on any atom is -0.381 e. The largest absolute Gasteiger partial charge is 0.422 e. The second-order valence-corrected chi connectivity index (χ2v) is 5.94. The van der Waals surface area contributed by atoms with Crippen LogP contribution in [0.15, 0.2) is 33.0 Å². The lowest BCUT2D eigenvalue weighted by Crippen LogP contribution is -2.51. The van der Waals surface area contributed by atoms with Crippen LogP contribution in [0.4, 0.5) is 13.2 Å². The van der Waals surface area contributed by atoms with E-state index in [0.717, 1.165) is 0 Å². The third-order valence-electron chi connectivity index (χ3n) is 3.62. The first kappa shape index (κ1) is 15.7. The molecule has 2 aliphatic rings. The zero-order valence-electron chi connectivity index (χ0n) is 10.7. The van der Waals surface area contributed by atoms with Gasteiger partial charge in [0.2, 0.25) is 5.60 Å². The lowest BCUT2D eigenvalue weighted by molar-refractivity contribution is -0.249. The second kappa shape index (κ2) is 5.28. The smallest absolute Gasteiger partial charge is 0.381 e. The minimum absolute atomic E-state index is 0.140. The van der Waals surface area contributed by atoms with Crippen molar-refractivity contribution < 1.29 is 18.3 Å². The van der Waals surface area contributed by atoms with Crippen molar-refractivity contribution in [3.63, 3.8) is 0 Å². The Labute approximate surface area is 124 Å². The van der Waals surface area contributed by atoms with E-state index in [1.165, 1.54) is 0 Å². The van der Waals surface area contributed by atoms with E-state index in [9.17, 15) is 18.3 Å². The van der Waals surface area contributed by atoms with Crippen molar-refractivity contribution >= 4 is 23.2 Å². The maximum absolute atomic E-state index is 13.1. The maximum atomic E-state index is 13.1. The maximum Gasteiger partial charge on any atom is 0.422 e. The molecule has 1 aliphatic carbocycles. The summed E-state index contributed by atoms with van der Waals surface area (Å²) in [4.78, 5) is 0. The molecule has 0 saturated heterocycles. The summed E-state index contributed by atoms with van der Waals surface area (Å²) < 4.78 is 39.2. The van der Waals surface area contributed by atoms with E-state index < -0.39 is 11.8 Å². The van der Waals surface area contributed by atoms with Crippen molar-refractivity contribution in [3.05, 3.63) is 33.0 Å². The number of hydrogen-bond acceptors (Lipinski definition) is 2. The van der Waals surface area contributed by atoms with E-state index in [-0.39, 0.29) is 25.1 Å². The van der Waals surface area contributed by atoms with E-state index in [0.29, 0.717) is 27.6 Å². The number of rotatable bonds is 1. The molecule has 2 rings (SSSR count). The third-order valence-corrected chi connectivity index (χ3v) is 4.32. The molecule has 0 aromatic rings. The summed E-state index contributed by atoms with van der Waals surface area (Å²) in [6, 6.07) is 0. The van der Waals surface area contributed by atoms with Gasteiger partial charge in [-0.3, -0.25) is 0 Å². The van der Waals surface area contributed by atoms with E-state index in [4.69, 9.17) is 23.2 Å². The quantitative estimate of drug-likeness (QED) is 0.764. The van der Waals surface area contributed by atoms with Crippen LogP contribution in [0.2, 0.25) is 0 Å². The van der Waals surface area contributed by atoms with Crippen molar-refractivity contribution in [2.75, 3.05) is 6.54 Å². The zero-order chi connectivity index (χ0) is 15.1. The van der Waals surface area contributed by atoms with E-state index in [2.05, 4.69) is 5.32 Å². The molecule has 2 N–H and O–H groups in total. The molecule has 1 unspecified atom stereocenters. The van der Waals surface area contributed by atoms with Crippen molar-refractivity contribution in [2.24, 2.45) is 0 Å². The van der Waals surface area contributed by atoms with Gasteiger partial charge in [-0.15, -0.1) is 0 Å². The summed E-state index contributed by atoms with van der Waals surface area (Å²) in [5.41, 5.74) is -1.79. The highest BCUT2D eigenvalue weighted by molar-refractivity contribution is 6.40. The van der Waals surface area contributed by atoms with Crippen LogP contribution in [0.1, 0.15) is 26.2 Å². The third kappa shape index (κ3) is 2.59. The first-order chi connectivity index (χ1) is 9.17. The van der Waals surface area contributed by atoms with Gasteiger partial charge in [0.15, 0.2) is 0 Å².